The minimum absolute atomic E-state index is 0.151. The Morgan fingerprint density at radius 2 is 2.16 bits per heavy atom. The van der Waals surface area contributed by atoms with Crippen molar-refractivity contribution in [1.82, 2.24) is 10.2 Å². The number of rotatable bonds is 7. The van der Waals surface area contributed by atoms with Crippen LogP contribution >= 0.6 is 0 Å². The molecular weight excluding hydrogens is 238 g/mol. The van der Waals surface area contributed by atoms with E-state index in [2.05, 4.69) is 17.1 Å². The maximum Gasteiger partial charge on any atom is 0.234 e. The third kappa shape index (κ3) is 3.93. The molecule has 0 aromatic heterocycles. The summed E-state index contributed by atoms with van der Waals surface area (Å²) in [7, 11) is 0. The highest BCUT2D eigenvalue weighted by molar-refractivity contribution is 5.79. The van der Waals surface area contributed by atoms with Crippen LogP contribution in [0.5, 0.6) is 0 Å². The number of piperidine rings is 1. The van der Waals surface area contributed by atoms with E-state index in [0.717, 1.165) is 37.9 Å². The molecule has 1 aliphatic carbocycles. The number of nitrogens with two attached hydrogens (primary N) is 1. The van der Waals surface area contributed by atoms with Crippen molar-refractivity contribution >= 4 is 5.91 Å². The summed E-state index contributed by atoms with van der Waals surface area (Å²) in [5.74, 6) is 0.720. The first-order valence-corrected chi connectivity index (χ1v) is 7.99. The standard InChI is InChI=1S/C15H29N3O/c1-2-9-17-13(15(16)19)8-11-18-10-4-6-12-5-3-7-14(12)18/h12-14,17H,2-11H2,1H3,(H2,16,19). The van der Waals surface area contributed by atoms with Gasteiger partial charge in [-0.3, -0.25) is 4.79 Å². The van der Waals surface area contributed by atoms with Gasteiger partial charge in [0.1, 0.15) is 0 Å². The lowest BCUT2D eigenvalue weighted by atomic mass is 9.91. The topological polar surface area (TPSA) is 58.4 Å². The fraction of sp³-hybridized carbons (Fsp3) is 0.933. The zero-order valence-corrected chi connectivity index (χ0v) is 12.2. The largest absolute Gasteiger partial charge is 0.368 e. The average Bonchev–Trinajstić information content (AvgIpc) is 2.87. The summed E-state index contributed by atoms with van der Waals surface area (Å²) in [6.45, 7) is 5.21. The molecule has 2 rings (SSSR count). The molecule has 1 aliphatic heterocycles. The SMILES string of the molecule is CCCNC(CCN1CCCC2CCCC21)C(N)=O. The molecule has 0 aromatic rings. The lowest BCUT2D eigenvalue weighted by Crippen LogP contribution is -2.47. The molecular formula is C15H29N3O. The van der Waals surface area contributed by atoms with Crippen LogP contribution in [-0.2, 0) is 4.79 Å². The lowest BCUT2D eigenvalue weighted by Gasteiger charge is -2.38. The summed E-state index contributed by atoms with van der Waals surface area (Å²) < 4.78 is 0. The van der Waals surface area contributed by atoms with Crippen LogP contribution in [0.3, 0.4) is 0 Å². The van der Waals surface area contributed by atoms with Gasteiger partial charge in [0.2, 0.25) is 5.91 Å². The van der Waals surface area contributed by atoms with E-state index in [4.69, 9.17) is 5.73 Å². The average molecular weight is 267 g/mol. The predicted molar refractivity (Wildman–Crippen MR) is 77.8 cm³/mol. The highest BCUT2D eigenvalue weighted by Crippen LogP contribution is 2.36. The molecule has 3 atom stereocenters. The number of likely N-dealkylation sites (tertiary alicyclic amines) is 1. The van der Waals surface area contributed by atoms with E-state index < -0.39 is 0 Å². The molecule has 3 unspecified atom stereocenters. The Balaban J connectivity index is 1.80. The van der Waals surface area contributed by atoms with Gasteiger partial charge < -0.3 is 16.0 Å². The zero-order valence-electron chi connectivity index (χ0n) is 12.2. The number of carbonyl (C=O) groups is 1. The number of amides is 1. The highest BCUT2D eigenvalue weighted by Gasteiger charge is 2.34. The third-order valence-electron chi connectivity index (χ3n) is 4.80. The Morgan fingerprint density at radius 3 is 2.89 bits per heavy atom. The fourth-order valence-corrected chi connectivity index (χ4v) is 3.79. The molecule has 4 heteroatoms. The molecule has 4 nitrogen and oxygen atoms in total. The Kier molecular flexibility index (Phi) is 5.64. The zero-order chi connectivity index (χ0) is 13.7. The fourth-order valence-electron chi connectivity index (χ4n) is 3.79. The number of nitrogens with one attached hydrogen (secondary N) is 1. The summed E-state index contributed by atoms with van der Waals surface area (Å²) in [6, 6.07) is 0.634. The number of carbonyl (C=O) groups excluding carboxylic acids is 1. The molecule has 2 aliphatic rings. The molecule has 2 fully saturated rings. The monoisotopic (exact) mass is 267 g/mol. The van der Waals surface area contributed by atoms with Crippen molar-refractivity contribution in [2.24, 2.45) is 11.7 Å². The molecule has 3 N–H and O–H groups in total. The summed E-state index contributed by atoms with van der Waals surface area (Å²) in [5, 5.41) is 3.27. The Labute approximate surface area is 117 Å². The van der Waals surface area contributed by atoms with Crippen LogP contribution in [-0.4, -0.2) is 42.5 Å². The van der Waals surface area contributed by atoms with Gasteiger partial charge in [0.15, 0.2) is 0 Å². The molecule has 1 saturated carbocycles. The van der Waals surface area contributed by atoms with Crippen molar-refractivity contribution in [3.8, 4) is 0 Å². The highest BCUT2D eigenvalue weighted by atomic mass is 16.1. The number of nitrogens with zero attached hydrogens (tertiary/aromatic N) is 1. The Hall–Kier alpha value is -0.610. The minimum atomic E-state index is -0.201. The van der Waals surface area contributed by atoms with E-state index in [1.54, 1.807) is 0 Å². The Bertz CT molecular complexity index is 295. The van der Waals surface area contributed by atoms with Gasteiger partial charge in [0.25, 0.3) is 0 Å². The second-order valence-corrected chi connectivity index (χ2v) is 6.13. The first-order valence-electron chi connectivity index (χ1n) is 7.99. The molecule has 1 saturated heterocycles. The Morgan fingerprint density at radius 1 is 1.37 bits per heavy atom. The normalized spacial score (nSPS) is 29.1. The minimum Gasteiger partial charge on any atom is -0.368 e. The van der Waals surface area contributed by atoms with Crippen LogP contribution in [0, 0.1) is 5.92 Å². The molecule has 0 aromatic carbocycles. The predicted octanol–water partition coefficient (Wildman–Crippen LogP) is 1.49. The van der Waals surface area contributed by atoms with Gasteiger partial charge in [0, 0.05) is 12.6 Å². The van der Waals surface area contributed by atoms with E-state index in [-0.39, 0.29) is 11.9 Å². The maximum absolute atomic E-state index is 11.4. The van der Waals surface area contributed by atoms with Crippen molar-refractivity contribution < 1.29 is 4.79 Å². The number of hydrogen-bond donors (Lipinski definition) is 2. The molecule has 110 valence electrons. The number of primary amides is 1. The van der Waals surface area contributed by atoms with Crippen molar-refractivity contribution in [2.75, 3.05) is 19.6 Å². The van der Waals surface area contributed by atoms with Gasteiger partial charge in [-0.25, -0.2) is 0 Å². The van der Waals surface area contributed by atoms with E-state index in [9.17, 15) is 4.79 Å². The van der Waals surface area contributed by atoms with Crippen LogP contribution in [0.25, 0.3) is 0 Å². The van der Waals surface area contributed by atoms with Gasteiger partial charge in [-0.1, -0.05) is 13.3 Å². The van der Waals surface area contributed by atoms with Gasteiger partial charge in [-0.05, 0) is 57.5 Å². The van der Waals surface area contributed by atoms with Crippen LogP contribution in [0.15, 0.2) is 0 Å². The van der Waals surface area contributed by atoms with Crippen LogP contribution < -0.4 is 11.1 Å². The van der Waals surface area contributed by atoms with E-state index >= 15 is 0 Å². The van der Waals surface area contributed by atoms with Crippen molar-refractivity contribution in [2.45, 2.75) is 64.0 Å². The smallest absolute Gasteiger partial charge is 0.234 e. The lowest BCUT2D eigenvalue weighted by molar-refractivity contribution is -0.120. The summed E-state index contributed by atoms with van der Waals surface area (Å²) in [5.41, 5.74) is 5.48. The van der Waals surface area contributed by atoms with Crippen LogP contribution in [0.4, 0.5) is 0 Å². The van der Waals surface area contributed by atoms with E-state index in [1.807, 2.05) is 0 Å². The molecule has 19 heavy (non-hydrogen) atoms. The number of fused-ring (bicyclic) bond motifs is 1. The molecule has 1 heterocycles. The van der Waals surface area contributed by atoms with E-state index in [1.165, 1.54) is 38.6 Å². The first kappa shape index (κ1) is 14.8. The van der Waals surface area contributed by atoms with Crippen LogP contribution in [0.1, 0.15) is 51.9 Å². The van der Waals surface area contributed by atoms with Gasteiger partial charge >= 0.3 is 0 Å². The van der Waals surface area contributed by atoms with Crippen molar-refractivity contribution in [3.05, 3.63) is 0 Å². The third-order valence-corrected chi connectivity index (χ3v) is 4.80. The van der Waals surface area contributed by atoms with Crippen LogP contribution in [0.2, 0.25) is 0 Å². The second kappa shape index (κ2) is 7.25. The molecule has 0 bridgehead atoms. The maximum atomic E-state index is 11.4. The first-order chi connectivity index (χ1) is 9.22. The number of hydrogen-bond acceptors (Lipinski definition) is 3. The van der Waals surface area contributed by atoms with Crippen molar-refractivity contribution in [3.63, 3.8) is 0 Å². The molecule has 1 amide bonds. The molecule has 0 radical (unpaired) electrons. The summed E-state index contributed by atoms with van der Waals surface area (Å²) in [4.78, 5) is 14.1. The van der Waals surface area contributed by atoms with Gasteiger partial charge in [0.05, 0.1) is 6.04 Å². The van der Waals surface area contributed by atoms with Gasteiger partial charge in [-0.2, -0.15) is 0 Å². The quantitative estimate of drug-likeness (QED) is 0.735. The van der Waals surface area contributed by atoms with Crippen molar-refractivity contribution in [1.29, 1.82) is 0 Å². The van der Waals surface area contributed by atoms with E-state index in [0.29, 0.717) is 0 Å². The summed E-state index contributed by atoms with van der Waals surface area (Å²) in [6.07, 6.45) is 8.79. The summed E-state index contributed by atoms with van der Waals surface area (Å²) >= 11 is 0. The second-order valence-electron chi connectivity index (χ2n) is 6.13. The molecule has 0 spiro atoms. The van der Waals surface area contributed by atoms with Gasteiger partial charge in [-0.15, -0.1) is 0 Å².